The van der Waals surface area contributed by atoms with Crippen LogP contribution in [-0.4, -0.2) is 22.4 Å². The molecule has 1 aromatic heterocycles. The molecule has 0 radical (unpaired) electrons. The molecule has 0 spiro atoms. The zero-order chi connectivity index (χ0) is 16.9. The molecule has 24 heavy (non-hydrogen) atoms. The highest BCUT2D eigenvalue weighted by Gasteiger charge is 2.15. The summed E-state index contributed by atoms with van der Waals surface area (Å²) in [6.07, 6.45) is 2.19. The lowest BCUT2D eigenvalue weighted by Crippen LogP contribution is -2.22. The van der Waals surface area contributed by atoms with Crippen molar-refractivity contribution in [3.63, 3.8) is 0 Å². The summed E-state index contributed by atoms with van der Waals surface area (Å²) in [6, 6.07) is 15.0. The SMILES string of the molecule is CCCCSc1nc2ccccc2c(=O)n1-c1ccccc1OC. The number of unbranched alkanes of at least 4 members (excludes halogenated alkanes) is 1. The molecule has 124 valence electrons. The fraction of sp³-hybridized carbons (Fsp3) is 0.263. The van der Waals surface area contributed by atoms with Crippen LogP contribution in [0.4, 0.5) is 0 Å². The monoisotopic (exact) mass is 340 g/mol. The van der Waals surface area contributed by atoms with Crippen molar-refractivity contribution in [2.45, 2.75) is 24.9 Å². The minimum absolute atomic E-state index is 0.0656. The van der Waals surface area contributed by atoms with E-state index in [0.717, 1.165) is 29.8 Å². The summed E-state index contributed by atoms with van der Waals surface area (Å²) in [5.74, 6) is 1.59. The second kappa shape index (κ2) is 7.53. The molecule has 3 rings (SSSR count). The average molecular weight is 340 g/mol. The third-order valence-electron chi connectivity index (χ3n) is 3.80. The molecule has 0 amide bonds. The van der Waals surface area contributed by atoms with Gasteiger partial charge in [-0.1, -0.05) is 49.4 Å². The Hall–Kier alpha value is -2.27. The average Bonchev–Trinajstić information content (AvgIpc) is 2.62. The fourth-order valence-corrected chi connectivity index (χ4v) is 3.63. The van der Waals surface area contributed by atoms with Crippen LogP contribution < -0.4 is 10.3 Å². The topological polar surface area (TPSA) is 44.1 Å². The molecule has 1 heterocycles. The Morgan fingerprint density at radius 2 is 1.88 bits per heavy atom. The first-order chi connectivity index (χ1) is 11.8. The molecule has 0 saturated carbocycles. The first-order valence-electron chi connectivity index (χ1n) is 8.04. The Kier molecular flexibility index (Phi) is 5.20. The summed E-state index contributed by atoms with van der Waals surface area (Å²) < 4.78 is 7.12. The molecule has 0 fully saturated rings. The van der Waals surface area contributed by atoms with Crippen molar-refractivity contribution < 1.29 is 4.74 Å². The van der Waals surface area contributed by atoms with Crippen molar-refractivity contribution in [2.75, 3.05) is 12.9 Å². The van der Waals surface area contributed by atoms with Crippen LogP contribution in [0.25, 0.3) is 16.6 Å². The summed E-state index contributed by atoms with van der Waals surface area (Å²) in [5.41, 5.74) is 1.39. The number of fused-ring (bicyclic) bond motifs is 1. The van der Waals surface area contributed by atoms with Gasteiger partial charge in [0.15, 0.2) is 5.16 Å². The predicted molar refractivity (Wildman–Crippen MR) is 99.5 cm³/mol. The molecule has 0 saturated heterocycles. The largest absolute Gasteiger partial charge is 0.495 e. The molecule has 0 atom stereocenters. The van der Waals surface area contributed by atoms with Gasteiger partial charge in [-0.05, 0) is 30.7 Å². The first-order valence-corrected chi connectivity index (χ1v) is 9.02. The molecule has 3 aromatic rings. The summed E-state index contributed by atoms with van der Waals surface area (Å²) in [5, 5.41) is 1.32. The number of methoxy groups -OCH3 is 1. The Morgan fingerprint density at radius 3 is 2.67 bits per heavy atom. The van der Waals surface area contributed by atoms with Crippen molar-refractivity contribution in [2.24, 2.45) is 0 Å². The van der Waals surface area contributed by atoms with Gasteiger partial charge in [0, 0.05) is 5.75 Å². The van der Waals surface area contributed by atoms with Crippen LogP contribution in [0.1, 0.15) is 19.8 Å². The van der Waals surface area contributed by atoms with Crippen LogP contribution >= 0.6 is 11.8 Å². The number of para-hydroxylation sites is 3. The minimum atomic E-state index is -0.0656. The Labute approximate surface area is 145 Å². The van der Waals surface area contributed by atoms with Gasteiger partial charge in [-0.2, -0.15) is 0 Å². The van der Waals surface area contributed by atoms with Crippen molar-refractivity contribution in [3.05, 3.63) is 58.9 Å². The molecular formula is C19H20N2O2S. The molecule has 5 heteroatoms. The number of aromatic nitrogens is 2. The highest BCUT2D eigenvalue weighted by Crippen LogP contribution is 2.27. The van der Waals surface area contributed by atoms with Gasteiger partial charge in [0.1, 0.15) is 5.75 Å². The van der Waals surface area contributed by atoms with Crippen molar-refractivity contribution in [1.82, 2.24) is 9.55 Å². The summed E-state index contributed by atoms with van der Waals surface area (Å²) >= 11 is 1.61. The Balaban J connectivity index is 2.25. The van der Waals surface area contributed by atoms with Crippen LogP contribution in [0.3, 0.4) is 0 Å². The summed E-state index contributed by atoms with van der Waals surface area (Å²) in [6.45, 7) is 2.15. The predicted octanol–water partition coefficient (Wildman–Crippen LogP) is 4.29. The van der Waals surface area contributed by atoms with E-state index < -0.39 is 0 Å². The van der Waals surface area contributed by atoms with Gasteiger partial charge in [-0.25, -0.2) is 4.98 Å². The van der Waals surface area contributed by atoms with Crippen LogP contribution in [0.15, 0.2) is 58.5 Å². The van der Waals surface area contributed by atoms with Gasteiger partial charge in [-0.15, -0.1) is 0 Å². The third-order valence-corrected chi connectivity index (χ3v) is 4.82. The van der Waals surface area contributed by atoms with Gasteiger partial charge >= 0.3 is 0 Å². The number of nitrogens with zero attached hydrogens (tertiary/aromatic N) is 2. The first kappa shape index (κ1) is 16.6. The maximum absolute atomic E-state index is 13.1. The normalized spacial score (nSPS) is 10.9. The van der Waals surface area contributed by atoms with Gasteiger partial charge in [0.25, 0.3) is 5.56 Å². The fourth-order valence-electron chi connectivity index (χ4n) is 2.54. The van der Waals surface area contributed by atoms with E-state index in [1.54, 1.807) is 23.4 Å². The van der Waals surface area contributed by atoms with E-state index in [-0.39, 0.29) is 5.56 Å². The molecular weight excluding hydrogens is 320 g/mol. The maximum Gasteiger partial charge on any atom is 0.266 e. The molecule has 0 N–H and O–H groups in total. The van der Waals surface area contributed by atoms with E-state index in [1.165, 1.54) is 0 Å². The van der Waals surface area contributed by atoms with E-state index in [2.05, 4.69) is 6.92 Å². The number of rotatable bonds is 6. The number of thioether (sulfide) groups is 1. The van der Waals surface area contributed by atoms with Crippen LogP contribution in [0, 0.1) is 0 Å². The van der Waals surface area contributed by atoms with Crippen molar-refractivity contribution >= 4 is 22.7 Å². The van der Waals surface area contributed by atoms with Crippen molar-refractivity contribution in [1.29, 1.82) is 0 Å². The van der Waals surface area contributed by atoms with Gasteiger partial charge < -0.3 is 4.74 Å². The van der Waals surface area contributed by atoms with Crippen molar-refractivity contribution in [3.8, 4) is 11.4 Å². The second-order valence-electron chi connectivity index (χ2n) is 5.43. The number of hydrogen-bond donors (Lipinski definition) is 0. The van der Waals surface area contributed by atoms with Crippen LogP contribution in [0.5, 0.6) is 5.75 Å². The van der Waals surface area contributed by atoms with E-state index in [1.807, 2.05) is 48.5 Å². The lowest BCUT2D eigenvalue weighted by molar-refractivity contribution is 0.411. The zero-order valence-electron chi connectivity index (χ0n) is 13.9. The molecule has 0 aliphatic heterocycles. The molecule has 2 aromatic carbocycles. The smallest absolute Gasteiger partial charge is 0.266 e. The standard InChI is InChI=1S/C19H20N2O2S/c1-3-4-13-24-19-20-15-10-6-5-9-14(15)18(22)21(19)16-11-7-8-12-17(16)23-2/h5-12H,3-4,13H2,1-2H3. The zero-order valence-corrected chi connectivity index (χ0v) is 14.7. The summed E-state index contributed by atoms with van der Waals surface area (Å²) in [4.78, 5) is 17.8. The molecule has 0 aliphatic rings. The number of ether oxygens (including phenoxy) is 1. The maximum atomic E-state index is 13.1. The minimum Gasteiger partial charge on any atom is -0.495 e. The van der Waals surface area contributed by atoms with Crippen LogP contribution in [-0.2, 0) is 0 Å². The second-order valence-corrected chi connectivity index (χ2v) is 6.49. The molecule has 0 unspecified atom stereocenters. The number of hydrogen-bond acceptors (Lipinski definition) is 4. The molecule has 4 nitrogen and oxygen atoms in total. The van der Waals surface area contributed by atoms with E-state index in [9.17, 15) is 4.79 Å². The van der Waals surface area contributed by atoms with Gasteiger partial charge in [-0.3, -0.25) is 9.36 Å². The summed E-state index contributed by atoms with van der Waals surface area (Å²) in [7, 11) is 1.61. The van der Waals surface area contributed by atoms with Crippen LogP contribution in [0.2, 0.25) is 0 Å². The number of benzene rings is 2. The lowest BCUT2D eigenvalue weighted by atomic mass is 10.2. The highest BCUT2D eigenvalue weighted by molar-refractivity contribution is 7.99. The molecule has 0 aliphatic carbocycles. The van der Waals surface area contributed by atoms with E-state index >= 15 is 0 Å². The Bertz CT molecular complexity index is 905. The third kappa shape index (κ3) is 3.17. The Morgan fingerprint density at radius 1 is 1.12 bits per heavy atom. The van der Waals surface area contributed by atoms with Gasteiger partial charge in [0.2, 0.25) is 0 Å². The lowest BCUT2D eigenvalue weighted by Gasteiger charge is -2.15. The van der Waals surface area contributed by atoms with E-state index in [0.29, 0.717) is 16.3 Å². The quantitative estimate of drug-likeness (QED) is 0.381. The molecule has 0 bridgehead atoms. The van der Waals surface area contributed by atoms with E-state index in [4.69, 9.17) is 9.72 Å². The van der Waals surface area contributed by atoms with Gasteiger partial charge in [0.05, 0.1) is 23.7 Å². The highest BCUT2D eigenvalue weighted by atomic mass is 32.2.